The molecule has 2 unspecified atom stereocenters. The molecular weight excluding hydrogens is 436 g/mol. The van der Waals surface area contributed by atoms with Crippen molar-refractivity contribution in [2.24, 2.45) is 17.8 Å². The summed E-state index contributed by atoms with van der Waals surface area (Å²) in [5, 5.41) is 7.94. The number of nitrogens with zero attached hydrogens (tertiary/aromatic N) is 3. The molecule has 4 heterocycles. The molecule has 1 aromatic heterocycles. The van der Waals surface area contributed by atoms with Crippen LogP contribution in [-0.4, -0.2) is 60.1 Å². The quantitative estimate of drug-likeness (QED) is 0.613. The molecule has 0 aliphatic carbocycles. The molecule has 0 saturated carbocycles. The first-order valence-electron chi connectivity index (χ1n) is 13.9. The number of amides is 1. The first kappa shape index (κ1) is 24.5. The van der Waals surface area contributed by atoms with Crippen molar-refractivity contribution in [3.63, 3.8) is 0 Å². The summed E-state index contributed by atoms with van der Waals surface area (Å²) >= 11 is 0. The normalized spacial score (nSPS) is 24.5. The van der Waals surface area contributed by atoms with E-state index in [1.54, 1.807) is 0 Å². The van der Waals surface area contributed by atoms with Gasteiger partial charge in [0.2, 0.25) is 5.91 Å². The molecule has 1 aromatic carbocycles. The molecule has 1 amide bonds. The highest BCUT2D eigenvalue weighted by Crippen LogP contribution is 2.29. The van der Waals surface area contributed by atoms with Crippen LogP contribution in [-0.2, 0) is 24.2 Å². The fraction of sp³-hybridized carbons (Fsp3) is 0.655. The lowest BCUT2D eigenvalue weighted by molar-refractivity contribution is -0.134. The third kappa shape index (κ3) is 6.95. The molecular formula is C29H42N4O2. The molecule has 0 radical (unpaired) electrons. The zero-order valence-corrected chi connectivity index (χ0v) is 21.2. The van der Waals surface area contributed by atoms with E-state index in [4.69, 9.17) is 4.52 Å². The van der Waals surface area contributed by atoms with Crippen molar-refractivity contribution in [3.05, 3.63) is 53.4 Å². The Hall–Kier alpha value is -2.18. The van der Waals surface area contributed by atoms with Gasteiger partial charge in [0.25, 0.3) is 0 Å². The number of rotatable bonds is 8. The van der Waals surface area contributed by atoms with Gasteiger partial charge in [0.15, 0.2) is 5.76 Å². The summed E-state index contributed by atoms with van der Waals surface area (Å²) in [4.78, 5) is 17.8. The molecule has 2 aromatic rings. The fourth-order valence-corrected chi connectivity index (χ4v) is 6.31. The molecule has 3 saturated heterocycles. The van der Waals surface area contributed by atoms with Gasteiger partial charge in [-0.25, -0.2) is 0 Å². The van der Waals surface area contributed by atoms with Gasteiger partial charge in [0, 0.05) is 25.6 Å². The van der Waals surface area contributed by atoms with Crippen LogP contribution in [0.3, 0.4) is 0 Å². The van der Waals surface area contributed by atoms with Crippen molar-refractivity contribution in [2.45, 2.75) is 64.3 Å². The van der Waals surface area contributed by atoms with Crippen molar-refractivity contribution in [2.75, 3.05) is 39.3 Å². The number of carbonyl (C=O) groups excluding carboxylic acids is 1. The summed E-state index contributed by atoms with van der Waals surface area (Å²) < 4.78 is 5.69. The van der Waals surface area contributed by atoms with E-state index < -0.39 is 0 Å². The van der Waals surface area contributed by atoms with Gasteiger partial charge in [-0.05, 0) is 94.4 Å². The summed E-state index contributed by atoms with van der Waals surface area (Å²) in [5.74, 6) is 2.89. The molecule has 6 heteroatoms. The second-order valence-electron chi connectivity index (χ2n) is 11.1. The molecule has 35 heavy (non-hydrogen) atoms. The van der Waals surface area contributed by atoms with E-state index in [2.05, 4.69) is 56.7 Å². The van der Waals surface area contributed by atoms with E-state index in [-0.39, 0.29) is 0 Å². The lowest BCUT2D eigenvalue weighted by atomic mass is 9.80. The van der Waals surface area contributed by atoms with E-state index >= 15 is 0 Å². The van der Waals surface area contributed by atoms with Crippen LogP contribution in [0.15, 0.2) is 40.9 Å². The number of carbonyl (C=O) groups is 1. The zero-order valence-electron chi connectivity index (χ0n) is 21.2. The second kappa shape index (κ2) is 12.2. The molecule has 5 rings (SSSR count). The Morgan fingerprint density at radius 2 is 1.77 bits per heavy atom. The van der Waals surface area contributed by atoms with Gasteiger partial charge in [-0.15, -0.1) is 0 Å². The lowest BCUT2D eigenvalue weighted by Crippen LogP contribution is -2.43. The van der Waals surface area contributed by atoms with E-state index in [0.29, 0.717) is 30.1 Å². The Labute approximate surface area is 210 Å². The van der Waals surface area contributed by atoms with Crippen molar-refractivity contribution >= 4 is 5.91 Å². The maximum absolute atomic E-state index is 13.2. The molecule has 2 atom stereocenters. The minimum absolute atomic E-state index is 0.353. The number of nitrogens with one attached hydrogen (secondary N) is 1. The van der Waals surface area contributed by atoms with Gasteiger partial charge >= 0.3 is 0 Å². The number of aromatic nitrogens is 1. The molecule has 0 bridgehead atoms. The maximum Gasteiger partial charge on any atom is 0.222 e. The molecule has 3 aliphatic heterocycles. The second-order valence-corrected chi connectivity index (χ2v) is 11.1. The number of piperidine rings is 3. The van der Waals surface area contributed by atoms with E-state index in [0.717, 1.165) is 89.4 Å². The standard InChI is InChI=1S/C29H42N4O2/c34-29(33-15-10-24(11-16-33)17-23-7-3-1-4-8-23)19-25-9-12-30-21-26(25)18-27-20-28(35-31-27)22-32-13-5-2-6-14-32/h1,3-4,7-8,20,24-26,30H,2,5-6,9-19,21-22H2. The van der Waals surface area contributed by atoms with Crippen molar-refractivity contribution in [1.82, 2.24) is 20.3 Å². The van der Waals surface area contributed by atoms with E-state index in [1.807, 2.05) is 0 Å². The molecule has 0 spiro atoms. The van der Waals surface area contributed by atoms with Crippen molar-refractivity contribution in [1.29, 1.82) is 0 Å². The van der Waals surface area contributed by atoms with Crippen LogP contribution in [0.2, 0.25) is 0 Å². The van der Waals surface area contributed by atoms with Gasteiger partial charge in [-0.2, -0.15) is 0 Å². The Morgan fingerprint density at radius 1 is 0.971 bits per heavy atom. The zero-order chi connectivity index (χ0) is 23.9. The maximum atomic E-state index is 13.2. The number of hydrogen-bond acceptors (Lipinski definition) is 5. The highest BCUT2D eigenvalue weighted by atomic mass is 16.5. The minimum Gasteiger partial charge on any atom is -0.360 e. The molecule has 6 nitrogen and oxygen atoms in total. The first-order chi connectivity index (χ1) is 17.2. The van der Waals surface area contributed by atoms with E-state index in [1.165, 1.54) is 24.8 Å². The van der Waals surface area contributed by atoms with Crippen LogP contribution < -0.4 is 5.32 Å². The van der Waals surface area contributed by atoms with Crippen molar-refractivity contribution < 1.29 is 9.32 Å². The van der Waals surface area contributed by atoms with Crippen LogP contribution in [0.5, 0.6) is 0 Å². The smallest absolute Gasteiger partial charge is 0.222 e. The number of hydrogen-bond donors (Lipinski definition) is 1. The predicted octanol–water partition coefficient (Wildman–Crippen LogP) is 4.30. The minimum atomic E-state index is 0.353. The number of likely N-dealkylation sites (tertiary alicyclic amines) is 2. The first-order valence-corrected chi connectivity index (χ1v) is 13.9. The van der Waals surface area contributed by atoms with Crippen LogP contribution in [0, 0.1) is 17.8 Å². The molecule has 1 N–H and O–H groups in total. The summed E-state index contributed by atoms with van der Waals surface area (Å²) in [6.45, 7) is 6.99. The molecule has 190 valence electrons. The van der Waals surface area contributed by atoms with Crippen LogP contribution in [0.25, 0.3) is 0 Å². The van der Waals surface area contributed by atoms with Crippen LogP contribution in [0.1, 0.15) is 62.0 Å². The van der Waals surface area contributed by atoms with Gasteiger partial charge in [0.1, 0.15) is 0 Å². The monoisotopic (exact) mass is 478 g/mol. The SMILES string of the molecule is O=C(CC1CCNCC1Cc1cc(CN2CCCCC2)on1)N1CCC(Cc2ccccc2)CC1. The van der Waals surface area contributed by atoms with Crippen molar-refractivity contribution in [3.8, 4) is 0 Å². The number of benzene rings is 1. The molecule has 3 aliphatic rings. The Morgan fingerprint density at radius 3 is 2.57 bits per heavy atom. The van der Waals surface area contributed by atoms with Crippen LogP contribution in [0.4, 0.5) is 0 Å². The van der Waals surface area contributed by atoms with Gasteiger partial charge < -0.3 is 14.7 Å². The fourth-order valence-electron chi connectivity index (χ4n) is 6.31. The topological polar surface area (TPSA) is 61.6 Å². The Kier molecular flexibility index (Phi) is 8.53. The predicted molar refractivity (Wildman–Crippen MR) is 138 cm³/mol. The highest BCUT2D eigenvalue weighted by molar-refractivity contribution is 5.76. The van der Waals surface area contributed by atoms with E-state index in [9.17, 15) is 4.79 Å². The average Bonchev–Trinajstić information content (AvgIpc) is 3.33. The summed E-state index contributed by atoms with van der Waals surface area (Å²) in [5.41, 5.74) is 2.46. The summed E-state index contributed by atoms with van der Waals surface area (Å²) in [6, 6.07) is 12.9. The third-order valence-electron chi connectivity index (χ3n) is 8.44. The Bertz CT molecular complexity index is 916. The summed E-state index contributed by atoms with van der Waals surface area (Å²) in [6.07, 6.45) is 9.94. The largest absolute Gasteiger partial charge is 0.360 e. The van der Waals surface area contributed by atoms with Gasteiger partial charge in [0.05, 0.1) is 12.2 Å². The highest BCUT2D eigenvalue weighted by Gasteiger charge is 2.31. The third-order valence-corrected chi connectivity index (χ3v) is 8.44. The van der Waals surface area contributed by atoms with Gasteiger partial charge in [-0.3, -0.25) is 9.69 Å². The van der Waals surface area contributed by atoms with Crippen LogP contribution >= 0.6 is 0 Å². The Balaban J connectivity index is 1.09. The summed E-state index contributed by atoms with van der Waals surface area (Å²) in [7, 11) is 0. The average molecular weight is 479 g/mol. The van der Waals surface area contributed by atoms with Gasteiger partial charge in [-0.1, -0.05) is 41.9 Å². The lowest BCUT2D eigenvalue weighted by Gasteiger charge is -2.36. The molecule has 3 fully saturated rings.